The van der Waals surface area contributed by atoms with E-state index in [1.807, 2.05) is 24.3 Å². The number of fused-ring (bicyclic) bond motifs is 1. The molecule has 0 radical (unpaired) electrons. The van der Waals surface area contributed by atoms with E-state index >= 15 is 0 Å². The molecule has 3 rings (SSSR count). The molecule has 3 amide bonds. The second-order valence-electron chi connectivity index (χ2n) is 17.0. The van der Waals surface area contributed by atoms with E-state index in [9.17, 15) is 24.0 Å². The van der Waals surface area contributed by atoms with Crippen molar-refractivity contribution < 1.29 is 52.0 Å². The summed E-state index contributed by atoms with van der Waals surface area (Å²) in [6.45, 7) is 18.5. The lowest BCUT2D eigenvalue weighted by atomic mass is 9.79. The van der Waals surface area contributed by atoms with Gasteiger partial charge in [-0.1, -0.05) is 52.8 Å². The molecule has 8 unspecified atom stereocenters. The lowest BCUT2D eigenvalue weighted by Gasteiger charge is -2.45. The number of nitrogens with one attached hydrogen (secondary N) is 4. The highest BCUT2D eigenvalue weighted by molar-refractivity contribution is 7.44. The molecule has 0 saturated carbocycles. The van der Waals surface area contributed by atoms with E-state index in [0.717, 1.165) is 61.7 Å². The number of hydrogen-bond donors (Lipinski definition) is 4. The topological polar surface area (TPSA) is 220 Å². The highest BCUT2D eigenvalue weighted by atomic mass is 31.2. The van der Waals surface area contributed by atoms with Gasteiger partial charge in [-0.2, -0.15) is 5.26 Å². The van der Waals surface area contributed by atoms with Gasteiger partial charge in [-0.25, -0.2) is 4.67 Å². The number of ether oxygens (including phenoxy) is 4. The van der Waals surface area contributed by atoms with Gasteiger partial charge in [-0.05, 0) is 61.5 Å². The van der Waals surface area contributed by atoms with Gasteiger partial charge >= 0.3 is 11.9 Å². The van der Waals surface area contributed by atoms with Crippen LogP contribution in [0.25, 0.3) is 10.9 Å². The molecule has 0 bridgehead atoms. The Morgan fingerprint density at radius 3 is 2.25 bits per heavy atom. The molecule has 352 valence electrons. The SMILES string of the molecule is CCCN(CCC)P(OCCC#N)OCCC(C)CC(C)(C)CCCOC1OC(CNC(=O)C(Cc2c[nH]c3ccccc23)NC(C)=O)C(OC(C)=O)C(OC(C)=O)C1NC(C)=O. The lowest BCUT2D eigenvalue weighted by molar-refractivity contribution is -0.270. The number of H-pyrrole nitrogens is 1. The first-order valence-corrected chi connectivity index (χ1v) is 23.3. The first kappa shape index (κ1) is 53.2. The highest BCUT2D eigenvalue weighted by Gasteiger charge is 2.51. The summed E-state index contributed by atoms with van der Waals surface area (Å²) in [7, 11) is -1.25. The van der Waals surface area contributed by atoms with Gasteiger partial charge in [0.1, 0.15) is 18.2 Å². The van der Waals surface area contributed by atoms with Crippen molar-refractivity contribution >= 4 is 49.1 Å². The first-order valence-electron chi connectivity index (χ1n) is 22.1. The van der Waals surface area contributed by atoms with E-state index in [0.29, 0.717) is 32.0 Å². The minimum atomic E-state index is -1.25. The van der Waals surface area contributed by atoms with E-state index in [1.54, 1.807) is 6.20 Å². The molecule has 0 spiro atoms. The predicted octanol–water partition coefficient (Wildman–Crippen LogP) is 5.96. The number of aromatic amines is 1. The van der Waals surface area contributed by atoms with Crippen molar-refractivity contribution in [3.05, 3.63) is 36.0 Å². The molecular weight excluding hydrogens is 831 g/mol. The first-order chi connectivity index (χ1) is 30.0. The molecule has 1 fully saturated rings. The molecule has 1 aliphatic heterocycles. The molecule has 4 N–H and O–H groups in total. The molecule has 2 heterocycles. The van der Waals surface area contributed by atoms with Crippen LogP contribution in [0.15, 0.2) is 30.5 Å². The third-order valence-electron chi connectivity index (χ3n) is 10.5. The second kappa shape index (κ2) is 27.2. The minimum absolute atomic E-state index is 0.0671. The number of benzene rings is 1. The largest absolute Gasteiger partial charge is 0.456 e. The fraction of sp³-hybridized carbons (Fsp3) is 0.689. The molecule has 2 aromatic rings. The van der Waals surface area contributed by atoms with Crippen LogP contribution in [0, 0.1) is 22.7 Å². The van der Waals surface area contributed by atoms with Crippen LogP contribution in [0.5, 0.6) is 0 Å². The molecule has 1 aromatic heterocycles. The van der Waals surface area contributed by atoms with Crippen LogP contribution in [-0.4, -0.2) is 115 Å². The molecule has 18 heteroatoms. The number of carbonyl (C=O) groups excluding carboxylic acids is 5. The van der Waals surface area contributed by atoms with E-state index in [1.165, 1.54) is 27.7 Å². The fourth-order valence-corrected chi connectivity index (χ4v) is 9.59. The Morgan fingerprint density at radius 1 is 0.952 bits per heavy atom. The van der Waals surface area contributed by atoms with Gasteiger partial charge in [0.2, 0.25) is 17.7 Å². The van der Waals surface area contributed by atoms with Crippen molar-refractivity contribution in [3.8, 4) is 6.07 Å². The third-order valence-corrected chi connectivity index (χ3v) is 12.2. The van der Waals surface area contributed by atoms with Crippen LogP contribution in [0.2, 0.25) is 0 Å². The predicted molar refractivity (Wildman–Crippen MR) is 239 cm³/mol. The van der Waals surface area contributed by atoms with Gasteiger partial charge in [0.25, 0.3) is 8.53 Å². The van der Waals surface area contributed by atoms with Crippen LogP contribution in [0.4, 0.5) is 0 Å². The van der Waals surface area contributed by atoms with Gasteiger partial charge in [0.15, 0.2) is 18.5 Å². The summed E-state index contributed by atoms with van der Waals surface area (Å²) in [5.74, 6) is -2.42. The van der Waals surface area contributed by atoms with Gasteiger partial charge < -0.3 is 48.9 Å². The van der Waals surface area contributed by atoms with Gasteiger partial charge in [-0.3, -0.25) is 24.0 Å². The van der Waals surface area contributed by atoms with Crippen LogP contribution >= 0.6 is 8.53 Å². The molecule has 1 aliphatic rings. The van der Waals surface area contributed by atoms with Crippen LogP contribution in [0.3, 0.4) is 0 Å². The maximum Gasteiger partial charge on any atom is 0.303 e. The molecule has 1 saturated heterocycles. The summed E-state index contributed by atoms with van der Waals surface area (Å²) in [6, 6.07) is 7.73. The van der Waals surface area contributed by atoms with Crippen molar-refractivity contribution in [2.45, 2.75) is 150 Å². The monoisotopic (exact) mass is 902 g/mol. The molecule has 63 heavy (non-hydrogen) atoms. The number of nitriles is 1. The average Bonchev–Trinajstić information content (AvgIpc) is 3.61. The Kier molecular flexibility index (Phi) is 23.0. The number of esters is 2. The molecular formula is C45H71N6O11P. The molecule has 17 nitrogen and oxygen atoms in total. The van der Waals surface area contributed by atoms with Crippen molar-refractivity contribution in [3.63, 3.8) is 0 Å². The van der Waals surface area contributed by atoms with Crippen LogP contribution < -0.4 is 16.0 Å². The number of hydrogen-bond acceptors (Lipinski definition) is 13. The Balaban J connectivity index is 1.70. The molecule has 8 atom stereocenters. The second-order valence-corrected chi connectivity index (χ2v) is 18.5. The Bertz CT molecular complexity index is 1800. The number of nitrogens with zero attached hydrogens (tertiary/aromatic N) is 2. The quantitative estimate of drug-likeness (QED) is 0.0441. The zero-order valence-electron chi connectivity index (χ0n) is 38.7. The number of aromatic nitrogens is 1. The van der Waals surface area contributed by atoms with E-state index in [-0.39, 0.29) is 25.0 Å². The zero-order chi connectivity index (χ0) is 46.5. The van der Waals surface area contributed by atoms with Gasteiger partial charge in [0, 0.05) is 77.5 Å². The Hall–Kier alpha value is -4.17. The lowest BCUT2D eigenvalue weighted by Crippen LogP contribution is -2.67. The summed E-state index contributed by atoms with van der Waals surface area (Å²) in [6.07, 6.45) is 2.72. The number of rotatable bonds is 28. The van der Waals surface area contributed by atoms with Crippen molar-refractivity contribution in [2.75, 3.05) is 39.5 Å². The summed E-state index contributed by atoms with van der Waals surface area (Å²) >= 11 is 0. The smallest absolute Gasteiger partial charge is 0.303 e. The van der Waals surface area contributed by atoms with E-state index in [2.05, 4.69) is 66.3 Å². The van der Waals surface area contributed by atoms with Crippen molar-refractivity contribution in [1.82, 2.24) is 25.6 Å². The summed E-state index contributed by atoms with van der Waals surface area (Å²) < 4.78 is 38.6. The Morgan fingerprint density at radius 2 is 1.62 bits per heavy atom. The number of para-hydroxylation sites is 1. The maximum atomic E-state index is 13.8. The van der Waals surface area contributed by atoms with E-state index < -0.39 is 74.9 Å². The average molecular weight is 903 g/mol. The molecule has 0 aliphatic carbocycles. The maximum absolute atomic E-state index is 13.8. The summed E-state index contributed by atoms with van der Waals surface area (Å²) in [5, 5.41) is 18.3. The highest BCUT2D eigenvalue weighted by Crippen LogP contribution is 2.44. The van der Waals surface area contributed by atoms with Crippen molar-refractivity contribution in [1.29, 1.82) is 5.26 Å². The normalized spacial score (nSPS) is 20.3. The minimum Gasteiger partial charge on any atom is -0.456 e. The van der Waals surface area contributed by atoms with Crippen LogP contribution in [-0.2, 0) is 58.4 Å². The number of carbonyl (C=O) groups is 5. The van der Waals surface area contributed by atoms with Gasteiger partial charge in [-0.15, -0.1) is 0 Å². The molecule has 1 aromatic carbocycles. The standard InChI is InChI=1S/C45H71N6O11P/c1-10-21-51(22-11-2)63(58-24-15-20-46)59-25-18-30(3)27-45(8,9)19-14-23-57-44-40(50-32(5)53)42(61-34(7)55)41(60-33(6)54)39(62-44)29-48-43(56)38(49-31(4)52)26-35-28-47-37-17-13-12-16-36(35)37/h12-13,16-17,28,30,38-42,44,47H,10-11,14-15,18-19,21-27,29H2,1-9H3,(H,48,56)(H,49,52)(H,50,53). The zero-order valence-corrected chi connectivity index (χ0v) is 39.6. The Labute approximate surface area is 374 Å². The van der Waals surface area contributed by atoms with Gasteiger partial charge in [0.05, 0.1) is 25.7 Å². The van der Waals surface area contributed by atoms with E-state index in [4.69, 9.17) is 33.3 Å². The fourth-order valence-electron chi connectivity index (χ4n) is 7.95. The summed E-state index contributed by atoms with van der Waals surface area (Å²) in [4.78, 5) is 66.6. The summed E-state index contributed by atoms with van der Waals surface area (Å²) in [5.41, 5.74) is 1.64. The van der Waals surface area contributed by atoms with Crippen LogP contribution in [0.1, 0.15) is 113 Å². The third kappa shape index (κ3) is 18.5. The van der Waals surface area contributed by atoms with Crippen molar-refractivity contribution in [2.24, 2.45) is 11.3 Å². The number of amides is 3.